The summed E-state index contributed by atoms with van der Waals surface area (Å²) in [5.41, 5.74) is 1.10. The Labute approximate surface area is 119 Å². The first-order chi connectivity index (χ1) is 9.54. The van der Waals surface area contributed by atoms with Crippen LogP contribution in [0.1, 0.15) is 29.8 Å². The second-order valence-electron chi connectivity index (χ2n) is 4.71. The molecule has 0 radical (unpaired) electrons. The Kier molecular flexibility index (Phi) is 3.36. The molecule has 20 heavy (non-hydrogen) atoms. The fourth-order valence-electron chi connectivity index (χ4n) is 2.33. The molecular weight excluding hydrogens is 286 g/mol. The predicted molar refractivity (Wildman–Crippen MR) is 70.8 cm³/mol. The first-order valence-electron chi connectivity index (χ1n) is 6.13. The SMILES string of the molecule is O[C@@H]1CC(c2ccc(F)c(F)c2)Oc2ccc(Cl)cc21. The van der Waals surface area contributed by atoms with Crippen LogP contribution in [0.25, 0.3) is 0 Å². The molecule has 0 saturated heterocycles. The van der Waals surface area contributed by atoms with Gasteiger partial charge in [-0.3, -0.25) is 0 Å². The zero-order chi connectivity index (χ0) is 14.3. The molecule has 0 amide bonds. The molecule has 0 aliphatic carbocycles. The van der Waals surface area contributed by atoms with E-state index < -0.39 is 23.8 Å². The third kappa shape index (κ3) is 2.37. The van der Waals surface area contributed by atoms with E-state index in [4.69, 9.17) is 16.3 Å². The van der Waals surface area contributed by atoms with Gasteiger partial charge in [0.2, 0.25) is 0 Å². The second kappa shape index (κ2) is 5.04. The minimum absolute atomic E-state index is 0.262. The maximum absolute atomic E-state index is 13.3. The van der Waals surface area contributed by atoms with Gasteiger partial charge in [-0.05, 0) is 35.9 Å². The highest BCUT2D eigenvalue weighted by atomic mass is 35.5. The molecule has 1 N–H and O–H groups in total. The third-order valence-electron chi connectivity index (χ3n) is 3.35. The third-order valence-corrected chi connectivity index (χ3v) is 3.59. The Morgan fingerprint density at radius 3 is 2.65 bits per heavy atom. The van der Waals surface area contributed by atoms with Crippen molar-refractivity contribution in [3.8, 4) is 5.75 Å². The van der Waals surface area contributed by atoms with Gasteiger partial charge < -0.3 is 9.84 Å². The lowest BCUT2D eigenvalue weighted by Crippen LogP contribution is -2.19. The van der Waals surface area contributed by atoms with E-state index in [2.05, 4.69) is 0 Å². The van der Waals surface area contributed by atoms with Crippen molar-refractivity contribution in [2.24, 2.45) is 0 Å². The number of ether oxygens (including phenoxy) is 1. The lowest BCUT2D eigenvalue weighted by Gasteiger charge is -2.30. The Hall–Kier alpha value is -1.65. The number of aliphatic hydroxyl groups is 1. The number of halogens is 3. The van der Waals surface area contributed by atoms with E-state index in [1.165, 1.54) is 6.07 Å². The van der Waals surface area contributed by atoms with E-state index >= 15 is 0 Å². The van der Waals surface area contributed by atoms with Gasteiger partial charge in [-0.25, -0.2) is 8.78 Å². The average molecular weight is 297 g/mol. The summed E-state index contributed by atoms with van der Waals surface area (Å²) in [6.45, 7) is 0. The first-order valence-corrected chi connectivity index (χ1v) is 6.51. The van der Waals surface area contributed by atoms with Crippen molar-refractivity contribution in [2.45, 2.75) is 18.6 Å². The lowest BCUT2D eigenvalue weighted by atomic mass is 9.95. The summed E-state index contributed by atoms with van der Waals surface area (Å²) in [4.78, 5) is 0. The van der Waals surface area contributed by atoms with Crippen LogP contribution in [0, 0.1) is 11.6 Å². The smallest absolute Gasteiger partial charge is 0.159 e. The Bertz CT molecular complexity index is 660. The van der Waals surface area contributed by atoms with Crippen LogP contribution in [0.5, 0.6) is 5.75 Å². The van der Waals surface area contributed by atoms with Crippen molar-refractivity contribution in [2.75, 3.05) is 0 Å². The standard InChI is InChI=1S/C15H11ClF2O2/c16-9-2-4-14-10(6-9)13(19)7-15(20-14)8-1-3-11(17)12(18)5-8/h1-6,13,15,19H,7H2/t13-,15?/m1/s1. The maximum Gasteiger partial charge on any atom is 0.159 e. The molecule has 0 aromatic heterocycles. The van der Waals surface area contributed by atoms with E-state index in [0.717, 1.165) is 12.1 Å². The number of fused-ring (bicyclic) bond motifs is 1. The highest BCUT2D eigenvalue weighted by molar-refractivity contribution is 6.30. The summed E-state index contributed by atoms with van der Waals surface area (Å²) in [5.74, 6) is -1.33. The summed E-state index contributed by atoms with van der Waals surface area (Å²) in [6.07, 6.45) is -1.01. The largest absolute Gasteiger partial charge is 0.485 e. The number of rotatable bonds is 1. The fourth-order valence-corrected chi connectivity index (χ4v) is 2.52. The highest BCUT2D eigenvalue weighted by Gasteiger charge is 2.28. The predicted octanol–water partition coefficient (Wildman–Crippen LogP) is 4.18. The van der Waals surface area contributed by atoms with E-state index in [1.54, 1.807) is 18.2 Å². The summed E-state index contributed by atoms with van der Waals surface area (Å²) < 4.78 is 31.9. The molecule has 104 valence electrons. The van der Waals surface area contributed by atoms with Crippen LogP contribution >= 0.6 is 11.6 Å². The van der Waals surface area contributed by atoms with Crippen molar-refractivity contribution in [1.29, 1.82) is 0 Å². The van der Waals surface area contributed by atoms with Crippen LogP contribution in [-0.4, -0.2) is 5.11 Å². The van der Waals surface area contributed by atoms with Gasteiger partial charge in [0, 0.05) is 17.0 Å². The molecule has 1 unspecified atom stereocenters. The zero-order valence-corrected chi connectivity index (χ0v) is 11.1. The van der Waals surface area contributed by atoms with Gasteiger partial charge in [0.1, 0.15) is 11.9 Å². The summed E-state index contributed by atoms with van der Waals surface area (Å²) in [6, 6.07) is 8.55. The van der Waals surface area contributed by atoms with E-state index in [0.29, 0.717) is 21.9 Å². The Morgan fingerprint density at radius 2 is 1.90 bits per heavy atom. The summed E-state index contributed by atoms with van der Waals surface area (Å²) in [7, 11) is 0. The first kappa shape index (κ1) is 13.3. The van der Waals surface area contributed by atoms with Gasteiger partial charge in [0.25, 0.3) is 0 Å². The molecule has 2 nitrogen and oxygen atoms in total. The molecule has 1 aliphatic heterocycles. The molecule has 1 aliphatic rings. The van der Waals surface area contributed by atoms with Crippen LogP contribution < -0.4 is 4.74 Å². The monoisotopic (exact) mass is 296 g/mol. The molecule has 0 fully saturated rings. The van der Waals surface area contributed by atoms with Crippen molar-refractivity contribution in [3.05, 3.63) is 64.2 Å². The minimum atomic E-state index is -0.928. The van der Waals surface area contributed by atoms with Crippen molar-refractivity contribution < 1.29 is 18.6 Å². The highest BCUT2D eigenvalue weighted by Crippen LogP contribution is 2.41. The minimum Gasteiger partial charge on any atom is -0.485 e. The van der Waals surface area contributed by atoms with E-state index in [9.17, 15) is 13.9 Å². The number of hydrogen-bond donors (Lipinski definition) is 1. The normalized spacial score (nSPS) is 21.2. The van der Waals surface area contributed by atoms with Crippen molar-refractivity contribution >= 4 is 11.6 Å². The zero-order valence-electron chi connectivity index (χ0n) is 10.3. The molecule has 2 atom stereocenters. The average Bonchev–Trinajstić information content (AvgIpc) is 2.42. The quantitative estimate of drug-likeness (QED) is 0.855. The van der Waals surface area contributed by atoms with Gasteiger partial charge in [-0.1, -0.05) is 17.7 Å². The summed E-state index contributed by atoms with van der Waals surface area (Å²) in [5, 5.41) is 10.6. The van der Waals surface area contributed by atoms with Gasteiger partial charge >= 0.3 is 0 Å². The number of hydrogen-bond acceptors (Lipinski definition) is 2. The molecule has 0 saturated carbocycles. The van der Waals surface area contributed by atoms with E-state index in [1.807, 2.05) is 0 Å². The molecule has 2 aromatic carbocycles. The van der Waals surface area contributed by atoms with Crippen LogP contribution in [0.2, 0.25) is 5.02 Å². The fraction of sp³-hybridized carbons (Fsp3) is 0.200. The van der Waals surface area contributed by atoms with Gasteiger partial charge in [-0.2, -0.15) is 0 Å². The van der Waals surface area contributed by atoms with Crippen LogP contribution in [0.15, 0.2) is 36.4 Å². The molecule has 3 rings (SSSR count). The number of benzene rings is 2. The topological polar surface area (TPSA) is 29.5 Å². The van der Waals surface area contributed by atoms with Gasteiger partial charge in [-0.15, -0.1) is 0 Å². The molecule has 0 spiro atoms. The van der Waals surface area contributed by atoms with Crippen LogP contribution in [0.3, 0.4) is 0 Å². The van der Waals surface area contributed by atoms with E-state index in [-0.39, 0.29) is 6.42 Å². The molecule has 2 aromatic rings. The molecule has 0 bridgehead atoms. The Balaban J connectivity index is 1.94. The number of aliphatic hydroxyl groups excluding tert-OH is 1. The van der Waals surface area contributed by atoms with Crippen LogP contribution in [0.4, 0.5) is 8.78 Å². The van der Waals surface area contributed by atoms with Crippen LogP contribution in [-0.2, 0) is 0 Å². The van der Waals surface area contributed by atoms with Crippen molar-refractivity contribution in [1.82, 2.24) is 0 Å². The second-order valence-corrected chi connectivity index (χ2v) is 5.15. The maximum atomic E-state index is 13.3. The molecule has 1 heterocycles. The van der Waals surface area contributed by atoms with Crippen molar-refractivity contribution in [3.63, 3.8) is 0 Å². The van der Waals surface area contributed by atoms with Gasteiger partial charge in [0.05, 0.1) is 6.10 Å². The lowest BCUT2D eigenvalue weighted by molar-refractivity contribution is 0.0655. The van der Waals surface area contributed by atoms with Gasteiger partial charge in [0.15, 0.2) is 11.6 Å². The molecular formula is C15H11ClF2O2. The Morgan fingerprint density at radius 1 is 1.10 bits per heavy atom. The molecule has 5 heteroatoms. The summed E-state index contributed by atoms with van der Waals surface area (Å²) >= 11 is 5.88.